The number of hydrogen-bond donors (Lipinski definition) is 12. The number of aromatic nitrogens is 12. The molecule has 12 rings (SSSR count). The minimum atomic E-state index is -0.661. The van der Waals surface area contributed by atoms with Crippen molar-refractivity contribution in [3.63, 3.8) is 0 Å². The molecule has 1 atom stereocenters. The van der Waals surface area contributed by atoms with Crippen LogP contribution in [-0.4, -0.2) is 152 Å². The number of carbonyl (C=O) groups excluding carboxylic acids is 11. The second-order valence-electron chi connectivity index (χ2n) is 25.0. The Morgan fingerprint density at radius 1 is 0.476 bits per heavy atom. The largest absolute Gasteiger partial charge is 0.507 e. The molecule has 0 bridgehead atoms. The van der Waals surface area contributed by atoms with Gasteiger partial charge in [0.1, 0.15) is 28.5 Å². The molecule has 11 amide bonds. The van der Waals surface area contributed by atoms with Crippen LogP contribution in [0.15, 0.2) is 116 Å². The zero-order chi connectivity index (χ0) is 74.8. The quantitative estimate of drug-likeness (QED) is 0.0241. The summed E-state index contributed by atoms with van der Waals surface area (Å²) in [6.45, 7) is 1.72. The molecule has 0 saturated carbocycles. The van der Waals surface area contributed by atoms with Gasteiger partial charge >= 0.3 is 0 Å². The maximum absolute atomic E-state index is 14.0. The summed E-state index contributed by atoms with van der Waals surface area (Å²) in [6, 6.07) is 20.3. The second kappa shape index (κ2) is 29.5. The molecule has 0 fully saturated rings. The lowest BCUT2D eigenvalue weighted by Crippen LogP contribution is -2.30. The number of phenols is 1. The highest BCUT2D eigenvalue weighted by Gasteiger charge is 2.36. The van der Waals surface area contributed by atoms with Crippen LogP contribution in [0.2, 0.25) is 0 Å². The van der Waals surface area contributed by atoms with Crippen molar-refractivity contribution in [2.45, 2.75) is 32.1 Å². The Labute approximate surface area is 600 Å². The molecule has 1 aliphatic heterocycles. The van der Waals surface area contributed by atoms with Crippen LogP contribution in [0.4, 0.5) is 51.7 Å². The summed E-state index contributed by atoms with van der Waals surface area (Å²) in [7, 11) is 11.0. The molecular formula is C69H70ClN23O12. The maximum atomic E-state index is 14.0. The first kappa shape index (κ1) is 71.2. The summed E-state index contributed by atoms with van der Waals surface area (Å²) < 4.78 is 10.1. The number of hydrogen-bond acceptors (Lipinski definition) is 16. The highest BCUT2D eigenvalue weighted by atomic mass is 35.5. The predicted octanol–water partition coefficient (Wildman–Crippen LogP) is 6.09. The van der Waals surface area contributed by atoms with Gasteiger partial charge in [0.15, 0.2) is 23.3 Å². The van der Waals surface area contributed by atoms with Crippen molar-refractivity contribution in [2.75, 3.05) is 72.9 Å². The number of rotatable bonds is 24. The number of nitrogens with zero attached hydrogens (tertiary/aromatic N) is 12. The summed E-state index contributed by atoms with van der Waals surface area (Å²) in [4.78, 5) is 167. The van der Waals surface area contributed by atoms with E-state index in [-0.39, 0.29) is 148 Å². The van der Waals surface area contributed by atoms with E-state index >= 15 is 0 Å². The van der Waals surface area contributed by atoms with Gasteiger partial charge in [-0.2, -0.15) is 0 Å². The van der Waals surface area contributed by atoms with Gasteiger partial charge in [0.25, 0.3) is 47.3 Å². The van der Waals surface area contributed by atoms with E-state index in [4.69, 9.17) is 11.6 Å². The van der Waals surface area contributed by atoms with Gasteiger partial charge in [-0.1, -0.05) is 24.3 Å². The molecule has 0 saturated heterocycles. The SMILES string of the molecule is CC(=O)Nc1cn(C)c(C(=O)Nc2cn(C)c(C(=O)Nc3cc(C(=O)Nc4cn(C)c(C(=O)Nc5cc(C(=O)NCCCC(=O)Nc6cn(C)c(C(=O)Nc7cc(C(=O)NCCC(=O)Nc8ccc9[nH]c(C(=O)N%10CC(CCl)c%11c%10cc(O)c%10ccccc%11%10)cc9c8)n(C)c7)n6)n(C)c5)n4)n(C)c3)n2)n1. The van der Waals surface area contributed by atoms with Crippen molar-refractivity contribution in [3.8, 4) is 5.75 Å². The normalized spacial score (nSPS) is 12.4. The van der Waals surface area contributed by atoms with Crippen LogP contribution in [0, 0.1) is 0 Å². The number of H-pyrrole nitrogens is 1. The molecule has 105 heavy (non-hydrogen) atoms. The molecule has 35 nitrogen and oxygen atoms in total. The van der Waals surface area contributed by atoms with E-state index in [1.165, 1.54) is 100 Å². The highest BCUT2D eigenvalue weighted by Crippen LogP contribution is 2.46. The van der Waals surface area contributed by atoms with Crippen molar-refractivity contribution in [1.82, 2.24) is 67.5 Å². The van der Waals surface area contributed by atoms with Crippen molar-refractivity contribution in [1.29, 1.82) is 0 Å². The van der Waals surface area contributed by atoms with E-state index in [1.807, 2.05) is 24.3 Å². The molecule has 540 valence electrons. The lowest BCUT2D eigenvalue weighted by Gasteiger charge is -2.17. The molecule has 9 heterocycles. The van der Waals surface area contributed by atoms with Crippen molar-refractivity contribution < 1.29 is 57.8 Å². The molecule has 11 aromatic rings. The van der Waals surface area contributed by atoms with Crippen LogP contribution in [0.25, 0.3) is 21.7 Å². The fraction of sp³-hybridized carbons (Fsp3) is 0.232. The maximum Gasteiger partial charge on any atom is 0.292 e. The average molecular weight is 1450 g/mol. The van der Waals surface area contributed by atoms with Gasteiger partial charge in [0.2, 0.25) is 41.0 Å². The molecule has 1 unspecified atom stereocenters. The number of amides is 11. The summed E-state index contributed by atoms with van der Waals surface area (Å²) in [5.41, 5.74) is 4.20. The fourth-order valence-corrected chi connectivity index (χ4v) is 12.4. The summed E-state index contributed by atoms with van der Waals surface area (Å²) >= 11 is 6.40. The van der Waals surface area contributed by atoms with Crippen LogP contribution >= 0.6 is 11.6 Å². The number of phenolic OH excluding ortho intramolecular Hbond substituents is 1. The van der Waals surface area contributed by atoms with E-state index in [0.29, 0.717) is 39.9 Å². The Balaban J connectivity index is 0.551. The van der Waals surface area contributed by atoms with E-state index in [1.54, 1.807) is 84.6 Å². The number of fused-ring (bicyclic) bond motifs is 4. The number of aromatic hydroxyl groups is 1. The smallest absolute Gasteiger partial charge is 0.292 e. The number of aryl methyl sites for hydroxylation is 7. The lowest BCUT2D eigenvalue weighted by molar-refractivity contribution is -0.117. The number of benzene rings is 3. The number of aromatic amines is 1. The first-order valence-corrected chi connectivity index (χ1v) is 33.1. The van der Waals surface area contributed by atoms with E-state index in [9.17, 15) is 57.8 Å². The lowest BCUT2D eigenvalue weighted by atomic mass is 9.95. The zero-order valence-electron chi connectivity index (χ0n) is 57.7. The van der Waals surface area contributed by atoms with E-state index < -0.39 is 47.3 Å². The average Bonchev–Trinajstić information content (AvgIpc) is 1.61. The van der Waals surface area contributed by atoms with Gasteiger partial charge in [0, 0.05) is 172 Å². The third-order valence-electron chi connectivity index (χ3n) is 17.1. The Kier molecular flexibility index (Phi) is 20.0. The summed E-state index contributed by atoms with van der Waals surface area (Å²) in [5, 5.41) is 39.9. The molecule has 12 N–H and O–H groups in total. The molecule has 1 aliphatic rings. The highest BCUT2D eigenvalue weighted by molar-refractivity contribution is 6.19. The number of halogens is 1. The van der Waals surface area contributed by atoms with Crippen LogP contribution in [0.5, 0.6) is 5.75 Å². The minimum absolute atomic E-state index is 0.0197. The van der Waals surface area contributed by atoms with Gasteiger partial charge in [0.05, 0.1) is 22.7 Å². The number of nitrogens with one attached hydrogen (secondary N) is 11. The Bertz CT molecular complexity index is 5390. The molecule has 0 spiro atoms. The summed E-state index contributed by atoms with van der Waals surface area (Å²) in [6.07, 6.45) is 10.4. The second-order valence-corrected chi connectivity index (χ2v) is 25.3. The van der Waals surface area contributed by atoms with Crippen molar-refractivity contribution >= 4 is 150 Å². The monoisotopic (exact) mass is 1450 g/mol. The predicted molar refractivity (Wildman–Crippen MR) is 388 cm³/mol. The molecule has 0 aliphatic carbocycles. The van der Waals surface area contributed by atoms with Gasteiger partial charge in [-0.25, -0.2) is 19.9 Å². The fourth-order valence-electron chi connectivity index (χ4n) is 12.2. The molecular weight excluding hydrogens is 1380 g/mol. The first-order chi connectivity index (χ1) is 50.1. The molecule has 36 heteroatoms. The Morgan fingerprint density at radius 2 is 0.933 bits per heavy atom. The molecule has 3 aromatic carbocycles. The van der Waals surface area contributed by atoms with Crippen molar-refractivity contribution in [3.05, 3.63) is 168 Å². The first-order valence-electron chi connectivity index (χ1n) is 32.5. The number of imidazole rings is 4. The van der Waals surface area contributed by atoms with Crippen LogP contribution in [0.1, 0.15) is 122 Å². The number of alkyl halides is 1. The van der Waals surface area contributed by atoms with Crippen LogP contribution < -0.4 is 58.1 Å². The topological polar surface area (TPSA) is 433 Å². The van der Waals surface area contributed by atoms with Gasteiger partial charge in [-0.15, -0.1) is 11.6 Å². The van der Waals surface area contributed by atoms with E-state index in [0.717, 1.165) is 10.9 Å². The standard InChI is InChI=1S/C69H70ClN23O12/c1-35(94)73-51-31-89(5)61(80-51)68(104)85-54-34-92(8)60(83-54)67(103)77-41-24-49(88(4)30-41)64(100)84-53-33-91(7)59(82-53)66(102)76-39-22-47(86(2)28-39)62(98)71-18-11-14-55(96)79-52-32-90(6)58(81-52)65(101)75-40-23-48(87(3)29-40)63(99)72-19-17-56(97)74-38-15-16-44-36(20-38)21-45(78-44)69(105)93-27-37(26-70)57-43-13-10-9-12-42(43)50(95)25-46(57)93/h9-10,12-13,15-16,20-25,28-34,37,78,95H,11,14,17-19,26-27H2,1-8H3,(H,71,98)(H,72,99)(H,73,94)(H,74,97)(H,75,101)(H,76,102)(H,77,103)(H,79,96)(H,84,100)(H,85,104). The van der Waals surface area contributed by atoms with E-state index in [2.05, 4.69) is 78.1 Å². The van der Waals surface area contributed by atoms with Crippen LogP contribution in [-0.2, 0) is 63.7 Å². The van der Waals surface area contributed by atoms with Crippen LogP contribution in [0.3, 0.4) is 0 Å². The van der Waals surface area contributed by atoms with Gasteiger partial charge < -0.3 is 100 Å². The third-order valence-corrected chi connectivity index (χ3v) is 17.4. The summed E-state index contributed by atoms with van der Waals surface area (Å²) in [5.74, 6) is -5.39. The minimum Gasteiger partial charge on any atom is -0.507 e. The number of anilines is 9. The third kappa shape index (κ3) is 15.5. The number of carbonyl (C=O) groups is 11. The Hall–Kier alpha value is -13.6. The molecule has 0 radical (unpaired) electrons. The van der Waals surface area contributed by atoms with Crippen molar-refractivity contribution in [2.24, 2.45) is 49.3 Å². The Morgan fingerprint density at radius 3 is 1.45 bits per heavy atom. The van der Waals surface area contributed by atoms with Gasteiger partial charge in [-0.05, 0) is 59.8 Å². The van der Waals surface area contributed by atoms with Gasteiger partial charge in [-0.3, -0.25) is 52.7 Å². The zero-order valence-corrected chi connectivity index (χ0v) is 58.4. The molecule has 8 aromatic heterocycles.